The second-order valence-electron chi connectivity index (χ2n) is 6.56. The molecule has 0 saturated heterocycles. The second-order valence-corrected chi connectivity index (χ2v) is 7.33. The van der Waals surface area contributed by atoms with Gasteiger partial charge in [0.2, 0.25) is 5.91 Å². The van der Waals surface area contributed by atoms with E-state index in [0.29, 0.717) is 25.2 Å². The number of nitrogens with one attached hydrogen (secondary N) is 1. The van der Waals surface area contributed by atoms with Crippen LogP contribution in [0.3, 0.4) is 0 Å². The molecule has 1 aromatic heterocycles. The Labute approximate surface area is 199 Å². The Kier molecular flexibility index (Phi) is 13.9. The van der Waals surface area contributed by atoms with Gasteiger partial charge >= 0.3 is 5.97 Å². The molecule has 1 aromatic carbocycles. The Morgan fingerprint density at radius 3 is 2.55 bits per heavy atom. The zero-order chi connectivity index (χ0) is 21.6. The fourth-order valence-electron chi connectivity index (χ4n) is 2.80. The van der Waals surface area contributed by atoms with E-state index in [0.717, 1.165) is 41.9 Å². The Morgan fingerprint density at radius 2 is 1.90 bits per heavy atom. The van der Waals surface area contributed by atoms with Crippen LogP contribution < -0.4 is 11.2 Å². The number of nitrogens with zero attached hydrogens (tertiary/aromatic N) is 2. The summed E-state index contributed by atoms with van der Waals surface area (Å²) >= 11 is 0.969. The summed E-state index contributed by atoms with van der Waals surface area (Å²) in [6.07, 6.45) is 4.47. The Bertz CT molecular complexity index is 783. The fraction of sp³-hybridized carbons (Fsp3) is 0.350. The molecule has 1 amide bonds. The molecule has 0 fully saturated rings. The summed E-state index contributed by atoms with van der Waals surface area (Å²) in [5.41, 5.74) is 1.53. The van der Waals surface area contributed by atoms with Gasteiger partial charge in [0, 0.05) is 50.2 Å². The number of rotatable bonds is 14. The minimum atomic E-state index is -0.864. The van der Waals surface area contributed by atoms with Crippen molar-refractivity contribution < 1.29 is 44.4 Å². The molecular formula is C20H26N4O5ReS. The van der Waals surface area contributed by atoms with E-state index < -0.39 is 5.97 Å². The van der Waals surface area contributed by atoms with Gasteiger partial charge in [-0.1, -0.05) is 12.5 Å². The van der Waals surface area contributed by atoms with Gasteiger partial charge in [-0.25, -0.2) is 0 Å². The van der Waals surface area contributed by atoms with Crippen molar-refractivity contribution in [3.63, 3.8) is 0 Å². The molecule has 31 heavy (non-hydrogen) atoms. The monoisotopic (exact) mass is 621 g/mol. The number of hydrogen-bond donors (Lipinski definition) is 3. The van der Waals surface area contributed by atoms with Crippen LogP contribution in [-0.2, 0) is 45.9 Å². The van der Waals surface area contributed by atoms with Gasteiger partial charge in [0.1, 0.15) is 0 Å². The average Bonchev–Trinajstić information content (AvgIpc) is 2.73. The van der Waals surface area contributed by atoms with E-state index in [9.17, 15) is 9.59 Å². The van der Waals surface area contributed by atoms with Crippen molar-refractivity contribution in [2.75, 3.05) is 18.4 Å². The van der Waals surface area contributed by atoms with E-state index in [1.54, 1.807) is 30.5 Å². The molecule has 2 aromatic rings. The van der Waals surface area contributed by atoms with Crippen molar-refractivity contribution >= 4 is 29.6 Å². The largest absolute Gasteiger partial charge is 0.480 e. The molecule has 1 radical (unpaired) electrons. The molecule has 0 aliphatic rings. The predicted molar refractivity (Wildman–Crippen MR) is 113 cm³/mol. The minimum absolute atomic E-state index is 0. The van der Waals surface area contributed by atoms with Crippen LogP contribution in [0, 0.1) is 0 Å². The maximum absolute atomic E-state index is 12.1. The molecule has 0 unspecified atom stereocenters. The van der Waals surface area contributed by atoms with Crippen LogP contribution in [-0.4, -0.2) is 40.0 Å². The number of anilines is 1. The molecule has 0 aliphatic carbocycles. The molecule has 0 bridgehead atoms. The third-order valence-electron chi connectivity index (χ3n) is 4.16. The van der Waals surface area contributed by atoms with Gasteiger partial charge in [-0.15, -0.1) is 9.32 Å². The topological polar surface area (TPSA) is 127 Å². The molecule has 1 heterocycles. The van der Waals surface area contributed by atoms with Crippen molar-refractivity contribution in [3.05, 3.63) is 54.4 Å². The molecule has 0 spiro atoms. The first-order chi connectivity index (χ1) is 14.6. The molecule has 0 saturated carbocycles. The summed E-state index contributed by atoms with van der Waals surface area (Å²) in [6.45, 7) is 1.09. The molecule has 2 rings (SSSR count). The van der Waals surface area contributed by atoms with Crippen molar-refractivity contribution in [2.24, 2.45) is 5.90 Å². The van der Waals surface area contributed by atoms with Crippen molar-refractivity contribution in [2.45, 2.75) is 37.1 Å². The summed E-state index contributed by atoms with van der Waals surface area (Å²) in [6, 6.07) is 12.7. The number of nitrogens with two attached hydrogens (primary N) is 1. The van der Waals surface area contributed by atoms with Crippen molar-refractivity contribution in [1.29, 1.82) is 0 Å². The van der Waals surface area contributed by atoms with Crippen LogP contribution in [0.15, 0.2) is 53.6 Å². The molecule has 0 atom stereocenters. The number of pyridine rings is 1. The van der Waals surface area contributed by atoms with E-state index in [1.165, 1.54) is 0 Å². The van der Waals surface area contributed by atoms with Gasteiger partial charge in [0.25, 0.3) is 0 Å². The molecule has 4 N–H and O–H groups in total. The quantitative estimate of drug-likeness (QED) is 0.126. The second kappa shape index (κ2) is 15.9. The first-order valence-electron chi connectivity index (χ1n) is 9.51. The standard InChI is InChI=1S/C20H26N4O5S.Re/c21-28-29-30-18-10-8-16(9-11-18)23-19(25)7-2-1-5-13-24(15-20(26)27)14-17-6-3-4-12-22-17;/h3-4,6,8-12H,1-2,5,7,13-15,21H2,(H,23,25)(H,26,27);. The van der Waals surface area contributed by atoms with Gasteiger partial charge < -0.3 is 10.4 Å². The van der Waals surface area contributed by atoms with Crippen LogP contribution in [0.4, 0.5) is 5.69 Å². The minimum Gasteiger partial charge on any atom is -0.480 e. The molecule has 9 nitrogen and oxygen atoms in total. The van der Waals surface area contributed by atoms with Crippen LogP contribution in [0.1, 0.15) is 31.4 Å². The van der Waals surface area contributed by atoms with Gasteiger partial charge in [-0.2, -0.15) is 5.90 Å². The molecular weight excluding hydrogens is 595 g/mol. The third kappa shape index (κ3) is 12.0. The fourth-order valence-corrected chi connectivity index (χ4v) is 3.17. The molecule has 169 valence electrons. The number of unbranched alkanes of at least 4 members (excludes halogenated alkanes) is 2. The number of carbonyl (C=O) groups is 2. The summed E-state index contributed by atoms with van der Waals surface area (Å²) in [4.78, 5) is 34.1. The molecule has 0 aliphatic heterocycles. The number of amides is 1. The van der Waals surface area contributed by atoms with Gasteiger partial charge in [0.15, 0.2) is 0 Å². The first-order valence-corrected chi connectivity index (χ1v) is 10.2. The van der Waals surface area contributed by atoms with Crippen molar-refractivity contribution in [3.8, 4) is 0 Å². The van der Waals surface area contributed by atoms with Gasteiger partial charge in [-0.05, 0) is 55.8 Å². The maximum Gasteiger partial charge on any atom is 0.317 e. The number of carboxylic acid groups (broad SMARTS) is 1. The van der Waals surface area contributed by atoms with Crippen LogP contribution >= 0.6 is 12.0 Å². The summed E-state index contributed by atoms with van der Waals surface area (Å²) in [7, 11) is 0. The number of aliphatic carboxylic acids is 1. The smallest absolute Gasteiger partial charge is 0.317 e. The Morgan fingerprint density at radius 1 is 1.13 bits per heavy atom. The summed E-state index contributed by atoms with van der Waals surface area (Å²) < 4.78 is 4.56. The predicted octanol–water partition coefficient (Wildman–Crippen LogP) is 2.99. The van der Waals surface area contributed by atoms with E-state index in [1.807, 2.05) is 23.1 Å². The summed E-state index contributed by atoms with van der Waals surface area (Å²) in [5, 5.41) is 11.9. The average molecular weight is 621 g/mol. The van der Waals surface area contributed by atoms with Gasteiger partial charge in [0.05, 0.1) is 24.3 Å². The normalized spacial score (nSPS) is 10.5. The van der Waals surface area contributed by atoms with Crippen LogP contribution in [0.25, 0.3) is 0 Å². The SMILES string of the molecule is NOOSc1ccc(NC(=O)CCCCCN(CC(=O)O)Cc2ccccn2)cc1.[Re]. The van der Waals surface area contributed by atoms with Crippen LogP contribution in [0.5, 0.6) is 0 Å². The number of benzene rings is 1. The van der Waals surface area contributed by atoms with Crippen molar-refractivity contribution in [1.82, 2.24) is 9.88 Å². The van der Waals surface area contributed by atoms with E-state index >= 15 is 0 Å². The molecule has 11 heteroatoms. The van der Waals surface area contributed by atoms with E-state index in [2.05, 4.69) is 19.6 Å². The third-order valence-corrected chi connectivity index (χ3v) is 4.77. The van der Waals surface area contributed by atoms with E-state index in [4.69, 9.17) is 11.0 Å². The number of aromatic nitrogens is 1. The zero-order valence-corrected chi connectivity index (χ0v) is 20.4. The maximum atomic E-state index is 12.1. The van der Waals surface area contributed by atoms with E-state index in [-0.39, 0.29) is 32.9 Å². The number of carboxylic acids is 1. The summed E-state index contributed by atoms with van der Waals surface area (Å²) in [5.74, 6) is 3.85. The Balaban J connectivity index is 0.00000480. The zero-order valence-electron chi connectivity index (χ0n) is 16.9. The van der Waals surface area contributed by atoms with Gasteiger partial charge in [-0.3, -0.25) is 19.5 Å². The number of hydrogen-bond acceptors (Lipinski definition) is 8. The van der Waals surface area contributed by atoms with Crippen LogP contribution in [0.2, 0.25) is 0 Å². The first kappa shape index (κ1) is 27.2. The Hall–Kier alpha value is -1.84. The number of carbonyl (C=O) groups excluding carboxylic acids is 1.